The van der Waals surface area contributed by atoms with E-state index >= 15 is 0 Å². The van der Waals surface area contributed by atoms with Crippen LogP contribution in [0.25, 0.3) is 55.8 Å². The molecule has 226 valence electrons. The third-order valence-corrected chi connectivity index (χ3v) is 8.84. The van der Waals surface area contributed by atoms with Crippen molar-refractivity contribution in [2.24, 2.45) is 0 Å². The van der Waals surface area contributed by atoms with Crippen LogP contribution in [0.2, 0.25) is 5.02 Å². The summed E-state index contributed by atoms with van der Waals surface area (Å²) in [6, 6.07) is 26.4. The zero-order valence-corrected chi connectivity index (χ0v) is 26.1. The Morgan fingerprint density at radius 3 is 2.44 bits per heavy atom. The smallest absolute Gasteiger partial charge is 0.339 e. The molecule has 7 rings (SSSR count). The summed E-state index contributed by atoms with van der Waals surface area (Å²) in [7, 11) is 1.67. The van der Waals surface area contributed by atoms with Crippen molar-refractivity contribution in [1.29, 1.82) is 0 Å². The maximum atomic E-state index is 12.5. The van der Waals surface area contributed by atoms with E-state index in [1.807, 2.05) is 36.4 Å². The number of ether oxygens (including phenoxy) is 2. The maximum absolute atomic E-state index is 12.5. The first-order valence-corrected chi connectivity index (χ1v) is 15.8. The van der Waals surface area contributed by atoms with Gasteiger partial charge in [0, 0.05) is 33.8 Å². The minimum atomic E-state index is -0.386. The van der Waals surface area contributed by atoms with E-state index in [9.17, 15) is 4.79 Å². The molecule has 1 saturated carbocycles. The van der Waals surface area contributed by atoms with Gasteiger partial charge >= 0.3 is 5.97 Å². The third-order valence-electron chi connectivity index (χ3n) is 8.59. The zero-order chi connectivity index (χ0) is 30.9. The molecule has 45 heavy (non-hydrogen) atoms. The molecule has 7 nitrogen and oxygen atoms in total. The van der Waals surface area contributed by atoms with Crippen molar-refractivity contribution in [3.8, 4) is 39.5 Å². The number of pyridine rings is 2. The summed E-state index contributed by atoms with van der Waals surface area (Å²) < 4.78 is 13.1. The Hall–Kier alpha value is -4.75. The topological polar surface area (TPSA) is 79.1 Å². The Labute approximate surface area is 266 Å². The molecule has 0 amide bonds. The molecule has 1 aliphatic rings. The summed E-state index contributed by atoms with van der Waals surface area (Å²) in [5.41, 5.74) is 7.70. The monoisotopic (exact) mass is 616 g/mol. The Morgan fingerprint density at radius 1 is 0.867 bits per heavy atom. The van der Waals surface area contributed by atoms with Gasteiger partial charge in [0.1, 0.15) is 17.1 Å². The number of rotatable bonds is 7. The zero-order valence-electron chi connectivity index (χ0n) is 25.3. The SMILES string of the molecule is CCOC(=O)c1cnc2c(c1)nc(-c1ccc3nc(-c4cc(OC)ccc4-c4ccc(Cl)cc4)ccc3c1)n2C1CCCCC1. The molecule has 0 N–H and O–H groups in total. The molecule has 0 spiro atoms. The van der Waals surface area contributed by atoms with Crippen molar-refractivity contribution in [3.05, 3.63) is 95.6 Å². The van der Waals surface area contributed by atoms with Gasteiger partial charge in [-0.15, -0.1) is 0 Å². The summed E-state index contributed by atoms with van der Waals surface area (Å²) in [6.07, 6.45) is 7.36. The number of nitrogens with zero attached hydrogens (tertiary/aromatic N) is 4. The van der Waals surface area contributed by atoms with E-state index in [1.165, 1.54) is 19.3 Å². The lowest BCUT2D eigenvalue weighted by Gasteiger charge is -2.25. The van der Waals surface area contributed by atoms with Crippen LogP contribution >= 0.6 is 11.6 Å². The van der Waals surface area contributed by atoms with Gasteiger partial charge in [-0.1, -0.05) is 55.1 Å². The minimum absolute atomic E-state index is 0.301. The van der Waals surface area contributed by atoms with Gasteiger partial charge in [0.15, 0.2) is 5.65 Å². The predicted octanol–water partition coefficient (Wildman–Crippen LogP) is 9.32. The Bertz CT molecular complexity index is 2030. The van der Waals surface area contributed by atoms with E-state index in [2.05, 4.69) is 41.0 Å². The molecule has 1 fully saturated rings. The molecule has 3 aromatic carbocycles. The van der Waals surface area contributed by atoms with Crippen molar-refractivity contribution in [3.63, 3.8) is 0 Å². The van der Waals surface area contributed by atoms with Gasteiger partial charge in [-0.2, -0.15) is 0 Å². The summed E-state index contributed by atoms with van der Waals surface area (Å²) >= 11 is 6.17. The number of benzene rings is 3. The largest absolute Gasteiger partial charge is 0.497 e. The van der Waals surface area contributed by atoms with Crippen molar-refractivity contribution in [2.75, 3.05) is 13.7 Å². The Kier molecular flexibility index (Phi) is 7.94. The second-order valence-electron chi connectivity index (χ2n) is 11.4. The normalized spacial score (nSPS) is 13.8. The number of imidazole rings is 1. The standard InChI is InChI=1S/C37H33ClN4O3/c1-3-45-37(43)26-20-34-36(39-22-26)42(28-7-5-4-6-8-28)35(41-34)25-12-17-32-24(19-25)11-18-33(40-32)31-21-29(44-2)15-16-30(31)23-9-13-27(38)14-10-23/h9-22,28H,3-8H2,1-2H3. The molecule has 0 unspecified atom stereocenters. The molecule has 3 aromatic heterocycles. The molecule has 0 radical (unpaired) electrons. The van der Waals surface area contributed by atoms with Gasteiger partial charge in [0.25, 0.3) is 0 Å². The van der Waals surface area contributed by atoms with Gasteiger partial charge in [0.05, 0.1) is 30.5 Å². The first-order chi connectivity index (χ1) is 22.0. The van der Waals surface area contributed by atoms with Crippen LogP contribution in [0.5, 0.6) is 5.75 Å². The van der Waals surface area contributed by atoms with E-state index in [1.54, 1.807) is 26.3 Å². The summed E-state index contributed by atoms with van der Waals surface area (Å²) in [5.74, 6) is 1.24. The molecular weight excluding hydrogens is 584 g/mol. The van der Waals surface area contributed by atoms with Crippen LogP contribution < -0.4 is 4.74 Å². The third kappa shape index (κ3) is 5.64. The fourth-order valence-corrected chi connectivity index (χ4v) is 6.48. The number of esters is 1. The van der Waals surface area contributed by atoms with Crippen LogP contribution in [-0.2, 0) is 4.74 Å². The maximum Gasteiger partial charge on any atom is 0.339 e. The number of methoxy groups -OCH3 is 1. The van der Waals surface area contributed by atoms with Gasteiger partial charge in [-0.3, -0.25) is 0 Å². The quantitative estimate of drug-likeness (QED) is 0.166. The highest BCUT2D eigenvalue weighted by atomic mass is 35.5. The molecular formula is C37H33ClN4O3. The first kappa shape index (κ1) is 29.0. The summed E-state index contributed by atoms with van der Waals surface area (Å²) in [6.45, 7) is 2.11. The second-order valence-corrected chi connectivity index (χ2v) is 11.8. The molecule has 0 bridgehead atoms. The van der Waals surface area contributed by atoms with E-state index in [-0.39, 0.29) is 5.97 Å². The van der Waals surface area contributed by atoms with Crippen molar-refractivity contribution < 1.29 is 14.3 Å². The Morgan fingerprint density at radius 2 is 1.67 bits per heavy atom. The molecule has 8 heteroatoms. The lowest BCUT2D eigenvalue weighted by atomic mass is 9.95. The van der Waals surface area contributed by atoms with E-state index < -0.39 is 0 Å². The number of halogens is 1. The number of carbonyl (C=O) groups is 1. The second kappa shape index (κ2) is 12.3. The van der Waals surface area contributed by atoms with Gasteiger partial charge in [-0.25, -0.2) is 19.7 Å². The number of carbonyl (C=O) groups excluding carboxylic acids is 1. The average Bonchev–Trinajstić information content (AvgIpc) is 3.47. The van der Waals surface area contributed by atoms with Crippen LogP contribution in [0.15, 0.2) is 85.1 Å². The molecule has 1 aliphatic carbocycles. The van der Waals surface area contributed by atoms with Gasteiger partial charge in [-0.05, 0) is 85.5 Å². The van der Waals surface area contributed by atoms with Crippen LogP contribution in [0.3, 0.4) is 0 Å². The lowest BCUT2D eigenvalue weighted by molar-refractivity contribution is 0.0526. The lowest BCUT2D eigenvalue weighted by Crippen LogP contribution is -2.14. The predicted molar refractivity (Wildman–Crippen MR) is 179 cm³/mol. The molecule has 6 aromatic rings. The first-order valence-electron chi connectivity index (χ1n) is 15.4. The number of hydrogen-bond donors (Lipinski definition) is 0. The van der Waals surface area contributed by atoms with E-state index in [0.717, 1.165) is 68.9 Å². The fourth-order valence-electron chi connectivity index (χ4n) is 6.35. The molecule has 0 saturated heterocycles. The van der Waals surface area contributed by atoms with Crippen molar-refractivity contribution in [1.82, 2.24) is 19.5 Å². The fraction of sp³-hybridized carbons (Fsp3) is 0.243. The number of aromatic nitrogens is 4. The van der Waals surface area contributed by atoms with Gasteiger partial charge in [0.2, 0.25) is 0 Å². The number of fused-ring (bicyclic) bond motifs is 2. The average molecular weight is 617 g/mol. The highest BCUT2D eigenvalue weighted by Crippen LogP contribution is 2.38. The molecule has 0 aliphatic heterocycles. The van der Waals surface area contributed by atoms with E-state index in [0.29, 0.717) is 28.8 Å². The van der Waals surface area contributed by atoms with Crippen LogP contribution in [0, 0.1) is 0 Å². The van der Waals surface area contributed by atoms with Crippen LogP contribution in [-0.4, -0.2) is 39.2 Å². The molecule has 3 heterocycles. The van der Waals surface area contributed by atoms with Crippen molar-refractivity contribution >= 4 is 39.6 Å². The summed E-state index contributed by atoms with van der Waals surface area (Å²) in [5, 5.41) is 1.70. The van der Waals surface area contributed by atoms with E-state index in [4.69, 9.17) is 36.0 Å². The highest BCUT2D eigenvalue weighted by Gasteiger charge is 2.24. The number of hydrogen-bond acceptors (Lipinski definition) is 6. The highest BCUT2D eigenvalue weighted by molar-refractivity contribution is 6.30. The van der Waals surface area contributed by atoms with Crippen LogP contribution in [0.1, 0.15) is 55.4 Å². The Balaban J connectivity index is 1.32. The van der Waals surface area contributed by atoms with Crippen LogP contribution in [0.4, 0.5) is 0 Å². The summed E-state index contributed by atoms with van der Waals surface area (Å²) in [4.78, 5) is 27.3. The van der Waals surface area contributed by atoms with Crippen molar-refractivity contribution in [2.45, 2.75) is 45.1 Å². The minimum Gasteiger partial charge on any atom is -0.497 e. The van der Waals surface area contributed by atoms with Gasteiger partial charge < -0.3 is 14.0 Å². The molecule has 0 atom stereocenters.